The molecule has 0 atom stereocenters. The van der Waals surface area contributed by atoms with Crippen LogP contribution in [0.25, 0.3) is 0 Å². The van der Waals surface area contributed by atoms with E-state index in [-0.39, 0.29) is 6.61 Å². The second-order valence-corrected chi connectivity index (χ2v) is 6.90. The molecule has 0 aromatic heterocycles. The molecule has 25 heavy (non-hydrogen) atoms. The fourth-order valence-corrected chi connectivity index (χ4v) is 2.63. The zero-order valence-electron chi connectivity index (χ0n) is 13.0. The molecule has 0 amide bonds. The van der Waals surface area contributed by atoms with Crippen LogP contribution in [0.4, 0.5) is 0 Å². The summed E-state index contributed by atoms with van der Waals surface area (Å²) in [6, 6.07) is 17.5. The standard InChI is InChI=1S/C15H15O4P.H3O4P/c1-2-13-17-20(16,18-14-9-5-3-6-10-14)19-15-11-7-4-8-12-15;1-5(2,3)4/h2-12H,1,13H2;(H3,1,2,3,4). The monoisotopic (exact) mass is 388 g/mol. The lowest BCUT2D eigenvalue weighted by atomic mass is 10.3. The van der Waals surface area contributed by atoms with E-state index in [0.717, 1.165) is 0 Å². The van der Waals surface area contributed by atoms with Gasteiger partial charge < -0.3 is 23.7 Å². The van der Waals surface area contributed by atoms with Crippen molar-refractivity contribution in [2.75, 3.05) is 6.61 Å². The molecule has 0 heterocycles. The third-order valence-corrected chi connectivity index (χ3v) is 3.61. The molecule has 2 aromatic rings. The van der Waals surface area contributed by atoms with Gasteiger partial charge in [0.25, 0.3) is 0 Å². The molecule has 0 saturated heterocycles. The van der Waals surface area contributed by atoms with Crippen molar-refractivity contribution in [3.8, 4) is 11.5 Å². The Morgan fingerprint density at radius 1 is 0.840 bits per heavy atom. The Labute approximate surface area is 145 Å². The molecule has 136 valence electrons. The number of rotatable bonds is 7. The van der Waals surface area contributed by atoms with Crippen molar-refractivity contribution in [2.45, 2.75) is 0 Å². The Balaban J connectivity index is 0.000000550. The number of phosphoric acid groups is 2. The second-order valence-electron chi connectivity index (χ2n) is 4.35. The van der Waals surface area contributed by atoms with Crippen LogP contribution in [0.15, 0.2) is 73.3 Å². The Bertz CT molecular complexity index is 676. The van der Waals surface area contributed by atoms with Crippen molar-refractivity contribution in [3.63, 3.8) is 0 Å². The maximum absolute atomic E-state index is 12.6. The fraction of sp³-hybridized carbons (Fsp3) is 0.0667. The summed E-state index contributed by atoms with van der Waals surface area (Å²) in [6.07, 6.45) is 1.48. The zero-order chi connectivity index (χ0) is 18.8. The number of hydrogen-bond acceptors (Lipinski definition) is 5. The first-order chi connectivity index (χ1) is 11.7. The molecule has 0 unspecified atom stereocenters. The molecule has 10 heteroatoms. The molecule has 3 N–H and O–H groups in total. The van der Waals surface area contributed by atoms with E-state index in [1.165, 1.54) is 6.08 Å². The predicted molar refractivity (Wildman–Crippen MR) is 92.2 cm³/mol. The van der Waals surface area contributed by atoms with Gasteiger partial charge in [-0.3, -0.25) is 4.52 Å². The molecule has 0 radical (unpaired) electrons. The summed E-state index contributed by atoms with van der Waals surface area (Å²) in [5.74, 6) is 0.826. The van der Waals surface area contributed by atoms with Gasteiger partial charge in [-0.25, -0.2) is 9.13 Å². The zero-order valence-corrected chi connectivity index (χ0v) is 14.8. The van der Waals surface area contributed by atoms with Crippen LogP contribution < -0.4 is 9.05 Å². The minimum Gasteiger partial charge on any atom is -0.395 e. The number of para-hydroxylation sites is 2. The quantitative estimate of drug-likeness (QED) is 0.486. The van der Waals surface area contributed by atoms with Crippen molar-refractivity contribution in [1.82, 2.24) is 0 Å². The Morgan fingerprint density at radius 3 is 1.52 bits per heavy atom. The van der Waals surface area contributed by atoms with Crippen LogP contribution in [0, 0.1) is 0 Å². The lowest BCUT2D eigenvalue weighted by molar-refractivity contribution is 0.229. The SMILES string of the molecule is C=CCOP(=O)(Oc1ccccc1)Oc1ccccc1.O=P(O)(O)O. The van der Waals surface area contributed by atoms with Crippen molar-refractivity contribution in [1.29, 1.82) is 0 Å². The Kier molecular flexibility index (Phi) is 8.58. The summed E-state index contributed by atoms with van der Waals surface area (Å²) >= 11 is 0. The smallest absolute Gasteiger partial charge is 0.395 e. The lowest BCUT2D eigenvalue weighted by Crippen LogP contribution is -2.05. The van der Waals surface area contributed by atoms with Gasteiger partial charge in [0, 0.05) is 0 Å². The molecule has 0 aliphatic heterocycles. The normalized spacial score (nSPS) is 11.0. The van der Waals surface area contributed by atoms with Gasteiger partial charge >= 0.3 is 15.6 Å². The van der Waals surface area contributed by atoms with Gasteiger partial charge in [0.2, 0.25) is 0 Å². The minimum atomic E-state index is -4.64. The highest BCUT2D eigenvalue weighted by atomic mass is 31.2. The first-order valence-corrected chi connectivity index (χ1v) is 9.87. The van der Waals surface area contributed by atoms with Gasteiger partial charge in [-0.15, -0.1) is 6.58 Å². The Morgan fingerprint density at radius 2 is 1.20 bits per heavy atom. The van der Waals surface area contributed by atoms with Crippen LogP contribution >= 0.6 is 15.6 Å². The Hall–Kier alpha value is -1.92. The summed E-state index contributed by atoms with van der Waals surface area (Å²) in [7, 11) is -8.39. The molecule has 0 bridgehead atoms. The number of hydrogen-bond donors (Lipinski definition) is 3. The predicted octanol–water partition coefficient (Wildman–Crippen LogP) is 3.53. The van der Waals surface area contributed by atoms with E-state index in [1.807, 2.05) is 12.1 Å². The van der Waals surface area contributed by atoms with Gasteiger partial charge in [-0.1, -0.05) is 42.5 Å². The largest absolute Gasteiger partial charge is 0.587 e. The van der Waals surface area contributed by atoms with Crippen molar-refractivity contribution in [3.05, 3.63) is 73.3 Å². The molecule has 8 nitrogen and oxygen atoms in total. The number of benzene rings is 2. The van der Waals surface area contributed by atoms with Crippen molar-refractivity contribution in [2.24, 2.45) is 0 Å². The van der Waals surface area contributed by atoms with E-state index in [9.17, 15) is 4.57 Å². The minimum absolute atomic E-state index is 0.0664. The van der Waals surface area contributed by atoms with Crippen LogP contribution in [0.2, 0.25) is 0 Å². The molecule has 0 aliphatic rings. The van der Waals surface area contributed by atoms with Gasteiger partial charge in [-0.2, -0.15) is 0 Å². The van der Waals surface area contributed by atoms with E-state index in [1.54, 1.807) is 48.5 Å². The van der Waals surface area contributed by atoms with Crippen LogP contribution in [0.3, 0.4) is 0 Å². The van der Waals surface area contributed by atoms with E-state index in [4.69, 9.17) is 32.8 Å². The average Bonchev–Trinajstić information content (AvgIpc) is 2.53. The highest BCUT2D eigenvalue weighted by Gasteiger charge is 2.30. The lowest BCUT2D eigenvalue weighted by Gasteiger charge is -2.18. The van der Waals surface area contributed by atoms with Crippen LogP contribution in [0.5, 0.6) is 11.5 Å². The van der Waals surface area contributed by atoms with Crippen LogP contribution in [0.1, 0.15) is 0 Å². The number of phosphoric ester groups is 1. The second kappa shape index (κ2) is 10.2. The third-order valence-electron chi connectivity index (χ3n) is 2.27. The van der Waals surface area contributed by atoms with E-state index in [0.29, 0.717) is 11.5 Å². The third kappa shape index (κ3) is 10.5. The van der Waals surface area contributed by atoms with E-state index < -0.39 is 15.6 Å². The van der Waals surface area contributed by atoms with Crippen molar-refractivity contribution < 1.29 is 37.4 Å². The molecule has 0 spiro atoms. The fourth-order valence-electron chi connectivity index (χ4n) is 1.44. The van der Waals surface area contributed by atoms with E-state index in [2.05, 4.69) is 6.58 Å². The van der Waals surface area contributed by atoms with E-state index >= 15 is 0 Å². The first kappa shape index (κ1) is 21.1. The van der Waals surface area contributed by atoms with Gasteiger partial charge in [0.05, 0.1) is 6.61 Å². The average molecular weight is 388 g/mol. The molecule has 0 saturated carbocycles. The summed E-state index contributed by atoms with van der Waals surface area (Å²) in [5, 5.41) is 0. The summed E-state index contributed by atoms with van der Waals surface area (Å²) in [4.78, 5) is 21.6. The van der Waals surface area contributed by atoms with Gasteiger partial charge in [-0.05, 0) is 24.3 Å². The summed E-state index contributed by atoms with van der Waals surface area (Å²) in [5.41, 5.74) is 0. The maximum Gasteiger partial charge on any atom is 0.587 e. The molecule has 0 aliphatic carbocycles. The first-order valence-electron chi connectivity index (χ1n) is 6.85. The summed E-state index contributed by atoms with van der Waals surface area (Å²) < 4.78 is 37.4. The summed E-state index contributed by atoms with van der Waals surface area (Å²) in [6.45, 7) is 3.59. The molecule has 0 fully saturated rings. The molecule has 2 aromatic carbocycles. The van der Waals surface area contributed by atoms with Crippen LogP contribution in [-0.4, -0.2) is 21.3 Å². The van der Waals surface area contributed by atoms with Gasteiger partial charge in [0.15, 0.2) is 0 Å². The van der Waals surface area contributed by atoms with Crippen molar-refractivity contribution >= 4 is 15.6 Å². The van der Waals surface area contributed by atoms with Gasteiger partial charge in [0.1, 0.15) is 11.5 Å². The molecular weight excluding hydrogens is 370 g/mol. The topological polar surface area (TPSA) is 123 Å². The molecular formula is C15H18O8P2. The maximum atomic E-state index is 12.6. The highest BCUT2D eigenvalue weighted by Crippen LogP contribution is 2.49. The van der Waals surface area contributed by atoms with Crippen LogP contribution in [-0.2, 0) is 13.7 Å². The molecule has 2 rings (SSSR count). The highest BCUT2D eigenvalue weighted by molar-refractivity contribution is 7.49.